The molecule has 0 atom stereocenters. The second-order valence-corrected chi connectivity index (χ2v) is 5.26. The third-order valence-electron chi connectivity index (χ3n) is 3.07. The Morgan fingerprint density at radius 1 is 1.19 bits per heavy atom. The van der Waals surface area contributed by atoms with E-state index in [0.29, 0.717) is 16.9 Å². The number of nitriles is 1. The molecule has 2 heterocycles. The average molecular weight is 310 g/mol. The van der Waals surface area contributed by atoms with Crippen molar-refractivity contribution in [3.63, 3.8) is 0 Å². The number of benzene rings is 1. The zero-order valence-electron chi connectivity index (χ0n) is 10.3. The molecule has 0 saturated carbocycles. The summed E-state index contributed by atoms with van der Waals surface area (Å²) in [5, 5.41) is 10.4. The molecule has 0 amide bonds. The van der Waals surface area contributed by atoms with Gasteiger partial charge in [0.25, 0.3) is 0 Å². The Morgan fingerprint density at radius 3 is 2.62 bits per heavy atom. The molecule has 1 N–H and O–H groups in total. The molecule has 0 fully saturated rings. The minimum atomic E-state index is -4.55. The maximum Gasteiger partial charge on any atom is 0.426 e. The van der Waals surface area contributed by atoms with E-state index in [9.17, 15) is 17.6 Å². The molecule has 0 aliphatic heterocycles. The zero-order valence-corrected chi connectivity index (χ0v) is 11.1. The monoisotopic (exact) mass is 310 g/mol. The van der Waals surface area contributed by atoms with Gasteiger partial charge in [0.05, 0.1) is 11.6 Å². The molecule has 2 nitrogen and oxygen atoms in total. The van der Waals surface area contributed by atoms with E-state index >= 15 is 0 Å². The summed E-state index contributed by atoms with van der Waals surface area (Å²) in [5.74, 6) is -0.844. The van der Waals surface area contributed by atoms with Crippen LogP contribution in [0.3, 0.4) is 0 Å². The lowest BCUT2D eigenvalue weighted by Crippen LogP contribution is -2.03. The lowest BCUT2D eigenvalue weighted by molar-refractivity contribution is -0.133. The Hall–Kier alpha value is -2.33. The quantitative estimate of drug-likeness (QED) is 0.636. The van der Waals surface area contributed by atoms with Crippen LogP contribution in [0.5, 0.6) is 0 Å². The van der Waals surface area contributed by atoms with Gasteiger partial charge in [-0.25, -0.2) is 0 Å². The number of H-pyrrole nitrogens is 1. The molecular weight excluding hydrogens is 304 g/mol. The Morgan fingerprint density at radius 2 is 1.95 bits per heavy atom. The van der Waals surface area contributed by atoms with Crippen molar-refractivity contribution in [3.8, 4) is 17.2 Å². The molecule has 0 aliphatic carbocycles. The van der Waals surface area contributed by atoms with E-state index < -0.39 is 17.0 Å². The van der Waals surface area contributed by atoms with E-state index in [0.717, 1.165) is 0 Å². The van der Waals surface area contributed by atoms with E-state index in [4.69, 9.17) is 5.26 Å². The highest BCUT2D eigenvalue weighted by molar-refractivity contribution is 7.10. The smallest absolute Gasteiger partial charge is 0.331 e. The van der Waals surface area contributed by atoms with E-state index in [-0.39, 0.29) is 22.1 Å². The van der Waals surface area contributed by atoms with Gasteiger partial charge in [-0.15, -0.1) is 11.3 Å². The molecule has 1 aromatic carbocycles. The molecule has 0 radical (unpaired) electrons. The fourth-order valence-corrected chi connectivity index (χ4v) is 2.99. The van der Waals surface area contributed by atoms with Crippen LogP contribution < -0.4 is 0 Å². The normalized spacial score (nSPS) is 11.8. The number of aromatic amines is 1. The highest BCUT2D eigenvalue weighted by atomic mass is 32.1. The molecule has 0 spiro atoms. The first-order valence-electron chi connectivity index (χ1n) is 5.78. The summed E-state index contributed by atoms with van der Waals surface area (Å²) in [6.07, 6.45) is -4.55. The third-order valence-corrected chi connectivity index (χ3v) is 4.03. The SMILES string of the molecule is N#Cc1ccc2[nH]c(F)c(-c3ccsc3C(F)(F)F)c2c1. The summed E-state index contributed by atoms with van der Waals surface area (Å²) in [7, 11) is 0. The van der Waals surface area contributed by atoms with Crippen molar-refractivity contribution in [1.82, 2.24) is 4.98 Å². The topological polar surface area (TPSA) is 39.6 Å². The number of nitrogens with one attached hydrogen (secondary N) is 1. The molecule has 7 heteroatoms. The van der Waals surface area contributed by atoms with E-state index in [1.54, 1.807) is 0 Å². The summed E-state index contributed by atoms with van der Waals surface area (Å²) in [6, 6.07) is 7.45. The minimum absolute atomic E-state index is 0.157. The number of hydrogen-bond donors (Lipinski definition) is 1. The van der Waals surface area contributed by atoms with Gasteiger partial charge in [0.15, 0.2) is 5.95 Å². The van der Waals surface area contributed by atoms with Crippen LogP contribution in [-0.2, 0) is 6.18 Å². The van der Waals surface area contributed by atoms with Gasteiger partial charge in [-0.3, -0.25) is 0 Å². The molecule has 0 bridgehead atoms. The summed E-state index contributed by atoms with van der Waals surface area (Å²) < 4.78 is 53.0. The van der Waals surface area contributed by atoms with Gasteiger partial charge in [-0.1, -0.05) is 0 Å². The average Bonchev–Trinajstić information content (AvgIpc) is 3.00. The van der Waals surface area contributed by atoms with Crippen LogP contribution >= 0.6 is 11.3 Å². The number of halogens is 4. The van der Waals surface area contributed by atoms with Gasteiger partial charge in [-0.05, 0) is 29.6 Å². The maximum absolute atomic E-state index is 14.1. The van der Waals surface area contributed by atoms with Gasteiger partial charge in [0, 0.05) is 22.0 Å². The van der Waals surface area contributed by atoms with E-state index in [2.05, 4.69) is 4.98 Å². The van der Waals surface area contributed by atoms with Gasteiger partial charge < -0.3 is 4.98 Å². The van der Waals surface area contributed by atoms with Crippen LogP contribution in [0, 0.1) is 17.3 Å². The predicted octanol–water partition coefficient (Wildman–Crippen LogP) is 4.93. The number of alkyl halides is 3. The highest BCUT2D eigenvalue weighted by Gasteiger charge is 2.36. The van der Waals surface area contributed by atoms with Gasteiger partial charge >= 0.3 is 6.18 Å². The van der Waals surface area contributed by atoms with Crippen LogP contribution in [0.4, 0.5) is 17.6 Å². The zero-order chi connectivity index (χ0) is 15.2. The number of nitrogens with zero attached hydrogens (tertiary/aromatic N) is 1. The van der Waals surface area contributed by atoms with Gasteiger partial charge in [-0.2, -0.15) is 22.8 Å². The summed E-state index contributed by atoms with van der Waals surface area (Å²) in [6.45, 7) is 0. The number of thiophene rings is 1. The van der Waals surface area contributed by atoms with Crippen LogP contribution in [0.2, 0.25) is 0 Å². The van der Waals surface area contributed by atoms with Crippen molar-refractivity contribution in [2.75, 3.05) is 0 Å². The second-order valence-electron chi connectivity index (χ2n) is 4.35. The van der Waals surface area contributed by atoms with Crippen LogP contribution in [0.1, 0.15) is 10.4 Å². The Labute approximate surface area is 120 Å². The van der Waals surface area contributed by atoms with Crippen molar-refractivity contribution >= 4 is 22.2 Å². The molecule has 3 aromatic rings. The van der Waals surface area contributed by atoms with E-state index in [1.165, 1.54) is 29.6 Å². The van der Waals surface area contributed by atoms with Crippen molar-refractivity contribution in [2.45, 2.75) is 6.18 Å². The number of hydrogen-bond acceptors (Lipinski definition) is 2. The molecule has 0 saturated heterocycles. The fourth-order valence-electron chi connectivity index (χ4n) is 2.22. The van der Waals surface area contributed by atoms with Crippen molar-refractivity contribution < 1.29 is 17.6 Å². The Balaban J connectivity index is 2.33. The first kappa shape index (κ1) is 13.6. The van der Waals surface area contributed by atoms with Crippen molar-refractivity contribution in [2.24, 2.45) is 0 Å². The standard InChI is InChI=1S/C14H6F4N2S/c15-13-11(8-3-4-21-12(8)14(16,17)18)9-5-7(6-19)1-2-10(9)20-13/h1-5,20H. The molecule has 21 heavy (non-hydrogen) atoms. The number of fused-ring (bicyclic) bond motifs is 1. The lowest BCUT2D eigenvalue weighted by atomic mass is 10.0. The molecule has 0 unspecified atom stereocenters. The first-order valence-corrected chi connectivity index (χ1v) is 6.66. The maximum atomic E-state index is 14.1. The first-order chi connectivity index (χ1) is 9.91. The largest absolute Gasteiger partial charge is 0.426 e. The summed E-state index contributed by atoms with van der Waals surface area (Å²) in [5.41, 5.74) is 0.231. The van der Waals surface area contributed by atoms with Crippen LogP contribution in [-0.4, -0.2) is 4.98 Å². The molecule has 2 aromatic heterocycles. The lowest BCUT2D eigenvalue weighted by Gasteiger charge is -2.07. The number of rotatable bonds is 1. The van der Waals surface area contributed by atoms with Crippen LogP contribution in [0.25, 0.3) is 22.0 Å². The van der Waals surface area contributed by atoms with Gasteiger partial charge in [0.1, 0.15) is 4.88 Å². The summed E-state index contributed by atoms with van der Waals surface area (Å²) >= 11 is 0.511. The second kappa shape index (κ2) is 4.60. The third kappa shape index (κ3) is 2.17. The Kier molecular flexibility index (Phi) is 2.99. The van der Waals surface area contributed by atoms with Crippen molar-refractivity contribution in [1.29, 1.82) is 5.26 Å². The predicted molar refractivity (Wildman–Crippen MR) is 71.3 cm³/mol. The van der Waals surface area contributed by atoms with Crippen LogP contribution in [0.15, 0.2) is 29.6 Å². The van der Waals surface area contributed by atoms with Gasteiger partial charge in [0.2, 0.25) is 0 Å². The molecular formula is C14H6F4N2S. The highest BCUT2D eigenvalue weighted by Crippen LogP contribution is 2.43. The molecule has 106 valence electrons. The fraction of sp³-hybridized carbons (Fsp3) is 0.0714. The minimum Gasteiger partial charge on any atom is -0.331 e. The Bertz CT molecular complexity index is 867. The summed E-state index contributed by atoms with van der Waals surface area (Å²) in [4.78, 5) is 1.55. The molecule has 3 rings (SSSR count). The van der Waals surface area contributed by atoms with E-state index in [1.807, 2.05) is 6.07 Å². The van der Waals surface area contributed by atoms with Crippen molar-refractivity contribution in [3.05, 3.63) is 46.0 Å². The number of aromatic nitrogens is 1. The molecule has 0 aliphatic rings.